The van der Waals surface area contributed by atoms with E-state index in [9.17, 15) is 0 Å². The number of aryl methyl sites for hydroxylation is 1. The minimum absolute atomic E-state index is 0.0901. The van der Waals surface area contributed by atoms with Crippen LogP contribution in [0.4, 0.5) is 11.6 Å². The lowest BCUT2D eigenvalue weighted by Gasteiger charge is -2.37. The van der Waals surface area contributed by atoms with E-state index in [1.165, 1.54) is 11.8 Å². The van der Waals surface area contributed by atoms with Gasteiger partial charge in [0.25, 0.3) is 0 Å². The zero-order valence-electron chi connectivity index (χ0n) is 13.9. The van der Waals surface area contributed by atoms with Crippen molar-refractivity contribution in [2.75, 3.05) is 23.7 Å². The maximum absolute atomic E-state index is 6.35. The normalized spacial score (nSPS) is 17.1. The van der Waals surface area contributed by atoms with Crippen LogP contribution in [0.25, 0.3) is 0 Å². The van der Waals surface area contributed by atoms with Crippen molar-refractivity contribution in [2.24, 2.45) is 5.73 Å². The second-order valence-electron chi connectivity index (χ2n) is 6.55. The quantitative estimate of drug-likeness (QED) is 0.868. The van der Waals surface area contributed by atoms with Gasteiger partial charge in [-0.3, -0.25) is 0 Å². The minimum Gasteiger partial charge on any atom is -0.381 e. The van der Waals surface area contributed by atoms with Gasteiger partial charge in [0.05, 0.1) is 11.2 Å². The molecule has 0 spiro atoms. The molecule has 128 valence electrons. The van der Waals surface area contributed by atoms with E-state index in [2.05, 4.69) is 21.8 Å². The number of benzene rings is 1. The lowest BCUT2D eigenvalue weighted by molar-refractivity contribution is 0.363. The van der Waals surface area contributed by atoms with Crippen LogP contribution in [0.3, 0.4) is 0 Å². The van der Waals surface area contributed by atoms with Crippen molar-refractivity contribution in [3.63, 3.8) is 0 Å². The van der Waals surface area contributed by atoms with Crippen molar-refractivity contribution < 1.29 is 0 Å². The van der Waals surface area contributed by atoms with Gasteiger partial charge >= 0.3 is 0 Å². The van der Waals surface area contributed by atoms with Gasteiger partial charge in [-0.2, -0.15) is 0 Å². The van der Waals surface area contributed by atoms with Crippen LogP contribution in [0.5, 0.6) is 0 Å². The summed E-state index contributed by atoms with van der Waals surface area (Å²) in [6, 6.07) is 5.91. The largest absolute Gasteiger partial charge is 0.381 e. The molecule has 24 heavy (non-hydrogen) atoms. The molecule has 7 heteroatoms. The van der Waals surface area contributed by atoms with Gasteiger partial charge in [0.2, 0.25) is 0 Å². The highest BCUT2D eigenvalue weighted by Crippen LogP contribution is 2.36. The number of nitrogens with zero attached hydrogens (tertiary/aromatic N) is 3. The monoisotopic (exact) mass is 363 g/mol. The minimum atomic E-state index is -0.0901. The Morgan fingerprint density at radius 2 is 2.00 bits per heavy atom. The Morgan fingerprint density at radius 1 is 1.29 bits per heavy atom. The molecule has 0 unspecified atom stereocenters. The third kappa shape index (κ3) is 3.77. The van der Waals surface area contributed by atoms with E-state index in [0.29, 0.717) is 10.8 Å². The Kier molecular flexibility index (Phi) is 4.90. The van der Waals surface area contributed by atoms with Crippen LogP contribution in [0, 0.1) is 6.92 Å². The molecule has 5 nitrogen and oxygen atoms in total. The third-order valence-electron chi connectivity index (χ3n) is 4.34. The van der Waals surface area contributed by atoms with Crippen LogP contribution in [-0.2, 0) is 0 Å². The molecular formula is C17H22ClN5S. The zero-order valence-corrected chi connectivity index (χ0v) is 15.5. The lowest BCUT2D eigenvalue weighted by Crippen LogP contribution is -2.48. The molecule has 0 atom stereocenters. The molecule has 1 aromatic carbocycles. The molecule has 2 heterocycles. The van der Waals surface area contributed by atoms with E-state index in [1.807, 2.05) is 25.1 Å². The average Bonchev–Trinajstić information content (AvgIpc) is 2.53. The first-order valence-corrected chi connectivity index (χ1v) is 9.14. The maximum Gasteiger partial charge on any atom is 0.158 e. The summed E-state index contributed by atoms with van der Waals surface area (Å²) in [5, 5.41) is 1.40. The molecule has 3 rings (SSSR count). The smallest absolute Gasteiger partial charge is 0.158 e. The Hall–Kier alpha value is -1.50. The molecule has 1 aliphatic heterocycles. The number of nitrogen functional groups attached to an aromatic ring is 1. The van der Waals surface area contributed by atoms with Gasteiger partial charge in [0.15, 0.2) is 5.82 Å². The molecule has 0 radical (unpaired) electrons. The van der Waals surface area contributed by atoms with Gasteiger partial charge < -0.3 is 16.4 Å². The van der Waals surface area contributed by atoms with Gasteiger partial charge in [-0.25, -0.2) is 9.97 Å². The number of anilines is 2. The SMILES string of the molecule is Cc1cccc(Sc2ncc(N3CCC(C)(N)CC3)nc2N)c1Cl. The van der Waals surface area contributed by atoms with Crippen molar-refractivity contribution in [1.29, 1.82) is 0 Å². The Balaban J connectivity index is 1.77. The summed E-state index contributed by atoms with van der Waals surface area (Å²) in [4.78, 5) is 12.1. The van der Waals surface area contributed by atoms with Crippen molar-refractivity contribution in [3.8, 4) is 0 Å². The van der Waals surface area contributed by atoms with Crippen LogP contribution in [0.15, 0.2) is 34.3 Å². The third-order valence-corrected chi connectivity index (χ3v) is 6.03. The molecular weight excluding hydrogens is 342 g/mol. The van der Waals surface area contributed by atoms with Crippen LogP contribution >= 0.6 is 23.4 Å². The molecule has 2 aromatic rings. The topological polar surface area (TPSA) is 81.1 Å². The van der Waals surface area contributed by atoms with Crippen molar-refractivity contribution >= 4 is 35.0 Å². The predicted molar refractivity (Wildman–Crippen MR) is 101 cm³/mol. The average molecular weight is 364 g/mol. The summed E-state index contributed by atoms with van der Waals surface area (Å²) in [5.41, 5.74) is 13.2. The van der Waals surface area contributed by atoms with Crippen LogP contribution in [0.1, 0.15) is 25.3 Å². The summed E-state index contributed by atoms with van der Waals surface area (Å²) >= 11 is 7.79. The summed E-state index contributed by atoms with van der Waals surface area (Å²) in [6.07, 6.45) is 3.65. The van der Waals surface area contributed by atoms with Crippen LogP contribution in [0.2, 0.25) is 5.02 Å². The molecule has 0 aliphatic carbocycles. The number of aromatic nitrogens is 2. The van der Waals surface area contributed by atoms with Crippen molar-refractivity contribution in [3.05, 3.63) is 35.0 Å². The fraction of sp³-hybridized carbons (Fsp3) is 0.412. The lowest BCUT2D eigenvalue weighted by atomic mass is 9.91. The van der Waals surface area contributed by atoms with E-state index in [-0.39, 0.29) is 5.54 Å². The molecule has 1 saturated heterocycles. The Labute approximate surface area is 151 Å². The summed E-state index contributed by atoms with van der Waals surface area (Å²) in [5.74, 6) is 1.24. The second-order valence-corrected chi connectivity index (χ2v) is 7.96. The van der Waals surface area contributed by atoms with E-state index in [4.69, 9.17) is 23.1 Å². The second kappa shape index (κ2) is 6.78. The maximum atomic E-state index is 6.35. The molecule has 4 N–H and O–H groups in total. The number of halogens is 1. The predicted octanol–water partition coefficient (Wildman–Crippen LogP) is 3.49. The highest BCUT2D eigenvalue weighted by atomic mass is 35.5. The standard InChI is InChI=1S/C17H22ClN5S/c1-11-4-3-5-12(14(11)18)24-16-15(19)22-13(10-21-16)23-8-6-17(2,20)7-9-23/h3-5,10H,6-9,20H2,1-2H3,(H2,19,22). The Morgan fingerprint density at radius 3 is 2.67 bits per heavy atom. The first-order chi connectivity index (χ1) is 11.4. The van der Waals surface area contributed by atoms with Gasteiger partial charge in [0, 0.05) is 23.5 Å². The Bertz CT molecular complexity index is 740. The van der Waals surface area contributed by atoms with E-state index < -0.39 is 0 Å². The molecule has 0 amide bonds. The van der Waals surface area contributed by atoms with Gasteiger partial charge in [-0.1, -0.05) is 35.5 Å². The number of piperidine rings is 1. The van der Waals surface area contributed by atoms with Gasteiger partial charge in [0.1, 0.15) is 10.8 Å². The molecule has 1 fully saturated rings. The van der Waals surface area contributed by atoms with E-state index >= 15 is 0 Å². The summed E-state index contributed by atoms with van der Waals surface area (Å²) < 4.78 is 0. The zero-order chi connectivity index (χ0) is 17.3. The van der Waals surface area contributed by atoms with Gasteiger partial charge in [-0.05, 0) is 38.3 Å². The van der Waals surface area contributed by atoms with Crippen molar-refractivity contribution in [1.82, 2.24) is 9.97 Å². The molecule has 0 bridgehead atoms. The van der Waals surface area contributed by atoms with Crippen molar-refractivity contribution in [2.45, 2.75) is 42.1 Å². The van der Waals surface area contributed by atoms with Gasteiger partial charge in [-0.15, -0.1) is 0 Å². The number of hydrogen-bond donors (Lipinski definition) is 2. The van der Waals surface area contributed by atoms with E-state index in [1.54, 1.807) is 6.20 Å². The number of nitrogens with two attached hydrogens (primary N) is 2. The first-order valence-electron chi connectivity index (χ1n) is 7.95. The summed E-state index contributed by atoms with van der Waals surface area (Å²) in [6.45, 7) is 5.82. The number of hydrogen-bond acceptors (Lipinski definition) is 6. The fourth-order valence-corrected chi connectivity index (χ4v) is 3.77. The molecule has 1 aliphatic rings. The fourth-order valence-electron chi connectivity index (χ4n) is 2.66. The number of rotatable bonds is 3. The highest BCUT2D eigenvalue weighted by Gasteiger charge is 2.26. The molecule has 1 aromatic heterocycles. The summed E-state index contributed by atoms with van der Waals surface area (Å²) in [7, 11) is 0. The van der Waals surface area contributed by atoms with E-state index in [0.717, 1.165) is 47.2 Å². The highest BCUT2D eigenvalue weighted by molar-refractivity contribution is 7.99. The molecule has 0 saturated carbocycles. The first kappa shape index (κ1) is 17.3. The van der Waals surface area contributed by atoms with Crippen LogP contribution < -0.4 is 16.4 Å². The van der Waals surface area contributed by atoms with Crippen LogP contribution in [-0.4, -0.2) is 28.6 Å².